The highest BCUT2D eigenvalue weighted by atomic mass is 127. The molecule has 1 amide bonds. The number of rotatable bonds is 7. The van der Waals surface area contributed by atoms with E-state index in [4.69, 9.17) is 4.99 Å². The van der Waals surface area contributed by atoms with Crippen molar-refractivity contribution >= 4 is 35.8 Å². The van der Waals surface area contributed by atoms with Crippen LogP contribution in [0.25, 0.3) is 0 Å². The molecule has 3 rings (SSSR count). The summed E-state index contributed by atoms with van der Waals surface area (Å²) in [6, 6.07) is 6.91. The average Bonchev–Trinajstić information content (AvgIpc) is 3.23. The molecule has 1 saturated carbocycles. The first-order chi connectivity index (χ1) is 15.0. The molecule has 1 heterocycles. The molecule has 2 fully saturated rings. The highest BCUT2D eigenvalue weighted by molar-refractivity contribution is 14.0. The molecule has 0 spiro atoms. The Labute approximate surface area is 209 Å². The molecule has 2 unspecified atom stereocenters. The van der Waals surface area contributed by atoms with Gasteiger partial charge >= 0.3 is 0 Å². The molecule has 1 aromatic rings. The molecule has 1 aromatic carbocycles. The molecular formula is C24H39FIN5O. The fourth-order valence-electron chi connectivity index (χ4n) is 4.63. The van der Waals surface area contributed by atoms with Gasteiger partial charge in [-0.05, 0) is 58.0 Å². The molecule has 32 heavy (non-hydrogen) atoms. The van der Waals surface area contributed by atoms with Gasteiger partial charge in [-0.25, -0.2) is 4.39 Å². The van der Waals surface area contributed by atoms with Crippen LogP contribution in [0.4, 0.5) is 4.39 Å². The van der Waals surface area contributed by atoms with Crippen LogP contribution < -0.4 is 10.6 Å². The monoisotopic (exact) mass is 559 g/mol. The molecule has 8 heteroatoms. The van der Waals surface area contributed by atoms with Gasteiger partial charge in [0.1, 0.15) is 5.82 Å². The van der Waals surface area contributed by atoms with Crippen LogP contribution >= 0.6 is 24.0 Å². The summed E-state index contributed by atoms with van der Waals surface area (Å²) in [5, 5.41) is 6.85. The minimum atomic E-state index is -0.228. The van der Waals surface area contributed by atoms with E-state index in [1.54, 1.807) is 0 Å². The number of aliphatic imine (C=N–C) groups is 1. The van der Waals surface area contributed by atoms with Crippen molar-refractivity contribution < 1.29 is 9.18 Å². The maximum atomic E-state index is 13.3. The van der Waals surface area contributed by atoms with Gasteiger partial charge in [-0.1, -0.05) is 31.4 Å². The van der Waals surface area contributed by atoms with E-state index >= 15 is 0 Å². The Morgan fingerprint density at radius 2 is 1.88 bits per heavy atom. The number of carbonyl (C=O) groups is 1. The third-order valence-electron chi connectivity index (χ3n) is 6.44. The van der Waals surface area contributed by atoms with Crippen LogP contribution in [0.5, 0.6) is 0 Å². The zero-order valence-electron chi connectivity index (χ0n) is 19.6. The van der Waals surface area contributed by atoms with Crippen LogP contribution in [0.1, 0.15) is 57.1 Å². The minimum Gasteiger partial charge on any atom is -0.357 e. The normalized spacial score (nSPS) is 20.7. The Balaban J connectivity index is 0.00000363. The van der Waals surface area contributed by atoms with Crippen molar-refractivity contribution in [2.24, 2.45) is 10.9 Å². The number of likely N-dealkylation sites (tertiary alicyclic amines) is 1. The van der Waals surface area contributed by atoms with E-state index in [2.05, 4.69) is 15.5 Å². The summed E-state index contributed by atoms with van der Waals surface area (Å²) in [6.07, 6.45) is 6.68. The summed E-state index contributed by atoms with van der Waals surface area (Å²) in [5.74, 6) is 1.11. The van der Waals surface area contributed by atoms with Crippen molar-refractivity contribution in [3.05, 3.63) is 35.6 Å². The van der Waals surface area contributed by atoms with Crippen molar-refractivity contribution in [3.63, 3.8) is 0 Å². The van der Waals surface area contributed by atoms with E-state index in [0.29, 0.717) is 12.5 Å². The number of nitrogens with zero attached hydrogens (tertiary/aromatic N) is 3. The zero-order chi connectivity index (χ0) is 22.2. The lowest BCUT2D eigenvalue weighted by atomic mass is 9.88. The van der Waals surface area contributed by atoms with Gasteiger partial charge in [0.25, 0.3) is 0 Å². The van der Waals surface area contributed by atoms with E-state index in [1.807, 2.05) is 38.1 Å². The molecule has 2 N–H and O–H groups in total. The van der Waals surface area contributed by atoms with E-state index < -0.39 is 0 Å². The quantitative estimate of drug-likeness (QED) is 0.304. The lowest BCUT2D eigenvalue weighted by molar-refractivity contribution is -0.135. The van der Waals surface area contributed by atoms with E-state index in [9.17, 15) is 9.18 Å². The standard InChI is InChI=1S/C24H38FN5O.HI/c1-4-26-24(27-16-22(29(2)3)18-10-12-20(25)13-11-18)28-21-14-15-30(17-21)23(31)19-8-6-5-7-9-19;/h10-13,19,21-22H,4-9,14-17H2,1-3H3,(H2,26,27,28);1H. The average molecular weight is 560 g/mol. The summed E-state index contributed by atoms with van der Waals surface area (Å²) in [4.78, 5) is 21.8. The molecule has 180 valence electrons. The first-order valence-corrected chi connectivity index (χ1v) is 11.7. The van der Waals surface area contributed by atoms with Gasteiger partial charge in [0.05, 0.1) is 12.6 Å². The summed E-state index contributed by atoms with van der Waals surface area (Å²) < 4.78 is 13.3. The van der Waals surface area contributed by atoms with Crippen LogP contribution in [0.15, 0.2) is 29.3 Å². The van der Waals surface area contributed by atoms with Gasteiger partial charge in [0, 0.05) is 31.6 Å². The third kappa shape index (κ3) is 7.57. The van der Waals surface area contributed by atoms with E-state index in [0.717, 1.165) is 50.4 Å². The van der Waals surface area contributed by atoms with Gasteiger partial charge in [-0.3, -0.25) is 9.79 Å². The van der Waals surface area contributed by atoms with Crippen molar-refractivity contribution in [3.8, 4) is 0 Å². The Morgan fingerprint density at radius 1 is 1.19 bits per heavy atom. The van der Waals surface area contributed by atoms with Crippen LogP contribution in [0.2, 0.25) is 0 Å². The van der Waals surface area contributed by atoms with Gasteiger partial charge in [-0.15, -0.1) is 24.0 Å². The van der Waals surface area contributed by atoms with Gasteiger partial charge in [0.2, 0.25) is 5.91 Å². The summed E-state index contributed by atoms with van der Waals surface area (Å²) >= 11 is 0. The zero-order valence-corrected chi connectivity index (χ0v) is 22.0. The van der Waals surface area contributed by atoms with Gasteiger partial charge in [0.15, 0.2) is 5.96 Å². The van der Waals surface area contributed by atoms with Crippen molar-refractivity contribution in [2.75, 3.05) is 40.3 Å². The van der Waals surface area contributed by atoms with E-state index in [1.165, 1.54) is 31.4 Å². The third-order valence-corrected chi connectivity index (χ3v) is 6.44. The van der Waals surface area contributed by atoms with Crippen molar-refractivity contribution in [1.82, 2.24) is 20.4 Å². The number of benzene rings is 1. The van der Waals surface area contributed by atoms with Crippen molar-refractivity contribution in [1.29, 1.82) is 0 Å². The maximum Gasteiger partial charge on any atom is 0.225 e. The lowest BCUT2D eigenvalue weighted by Gasteiger charge is -2.26. The molecule has 0 bridgehead atoms. The van der Waals surface area contributed by atoms with Crippen LogP contribution in [-0.2, 0) is 4.79 Å². The Hall–Kier alpha value is -1.42. The Kier molecular flexibility index (Phi) is 11.2. The first-order valence-electron chi connectivity index (χ1n) is 11.7. The lowest BCUT2D eigenvalue weighted by Crippen LogP contribution is -2.46. The maximum absolute atomic E-state index is 13.3. The molecular weight excluding hydrogens is 520 g/mol. The number of nitrogens with one attached hydrogen (secondary N) is 2. The summed E-state index contributed by atoms with van der Waals surface area (Å²) in [5.41, 5.74) is 1.04. The molecule has 6 nitrogen and oxygen atoms in total. The molecule has 1 aliphatic carbocycles. The highest BCUT2D eigenvalue weighted by Gasteiger charge is 2.31. The predicted octanol–water partition coefficient (Wildman–Crippen LogP) is 3.78. The minimum absolute atomic E-state index is 0. The molecule has 2 atom stereocenters. The van der Waals surface area contributed by atoms with Crippen LogP contribution in [0.3, 0.4) is 0 Å². The largest absolute Gasteiger partial charge is 0.357 e. The number of halogens is 2. The van der Waals surface area contributed by atoms with Crippen molar-refractivity contribution in [2.45, 2.75) is 57.5 Å². The molecule has 0 radical (unpaired) electrons. The first kappa shape index (κ1) is 26.8. The number of carbonyl (C=O) groups excluding carboxylic acids is 1. The number of hydrogen-bond acceptors (Lipinski definition) is 3. The number of guanidine groups is 1. The number of hydrogen-bond donors (Lipinski definition) is 2. The van der Waals surface area contributed by atoms with Crippen LogP contribution in [0, 0.1) is 11.7 Å². The molecule has 2 aliphatic rings. The number of likely N-dealkylation sites (N-methyl/N-ethyl adjacent to an activating group) is 1. The SMILES string of the molecule is CCNC(=NCC(c1ccc(F)cc1)N(C)C)NC1CCN(C(=O)C2CCCCC2)C1.I. The summed E-state index contributed by atoms with van der Waals surface area (Å²) in [7, 11) is 4.02. The van der Waals surface area contributed by atoms with Crippen LogP contribution in [-0.4, -0.2) is 68.0 Å². The van der Waals surface area contributed by atoms with Gasteiger partial charge in [-0.2, -0.15) is 0 Å². The Bertz CT molecular complexity index is 736. The molecule has 1 aliphatic heterocycles. The second kappa shape index (κ2) is 13.3. The topological polar surface area (TPSA) is 60.0 Å². The fraction of sp³-hybridized carbons (Fsp3) is 0.667. The number of amides is 1. The predicted molar refractivity (Wildman–Crippen MR) is 139 cm³/mol. The Morgan fingerprint density at radius 3 is 2.50 bits per heavy atom. The second-order valence-corrected chi connectivity index (χ2v) is 9.00. The molecule has 0 aromatic heterocycles. The summed E-state index contributed by atoms with van der Waals surface area (Å²) in [6.45, 7) is 4.95. The van der Waals surface area contributed by atoms with E-state index in [-0.39, 0.29) is 47.8 Å². The second-order valence-electron chi connectivity index (χ2n) is 9.00. The smallest absolute Gasteiger partial charge is 0.225 e. The highest BCUT2D eigenvalue weighted by Crippen LogP contribution is 2.27. The molecule has 1 saturated heterocycles. The van der Waals surface area contributed by atoms with Gasteiger partial charge < -0.3 is 20.4 Å². The fourth-order valence-corrected chi connectivity index (χ4v) is 4.63.